The van der Waals surface area contributed by atoms with Gasteiger partial charge in [-0.25, -0.2) is 4.57 Å². The van der Waals surface area contributed by atoms with Crippen molar-refractivity contribution in [3.8, 4) is 11.5 Å². The number of anilines is 2. The number of phosphoric ester groups is 1. The van der Waals surface area contributed by atoms with Crippen molar-refractivity contribution in [2.75, 3.05) is 34.6 Å². The molecule has 2 atom stereocenters. The van der Waals surface area contributed by atoms with Crippen molar-refractivity contribution in [2.24, 2.45) is 10.8 Å². The Morgan fingerprint density at radius 2 is 1.36 bits per heavy atom. The molecule has 2 unspecified atom stereocenters. The van der Waals surface area contributed by atoms with E-state index in [1.165, 1.54) is 6.07 Å². The van der Waals surface area contributed by atoms with Crippen LogP contribution in [0.3, 0.4) is 0 Å². The van der Waals surface area contributed by atoms with Crippen LogP contribution in [-0.2, 0) is 14.2 Å². The molecule has 45 heavy (non-hydrogen) atoms. The second-order valence-electron chi connectivity index (χ2n) is 13.3. The number of fused-ring (bicyclic) bond motifs is 6. The molecule has 2 bridgehead atoms. The molecular weight excluding hydrogens is 642 g/mol. The first-order valence-electron chi connectivity index (χ1n) is 14.8. The number of phosphoric acid groups is 1. The number of hydrogen-bond donors (Lipinski definition) is 5. The van der Waals surface area contributed by atoms with Gasteiger partial charge in [-0.15, -0.1) is 23.2 Å². The Hall–Kier alpha value is -3.21. The maximum atomic E-state index is 14.3. The summed E-state index contributed by atoms with van der Waals surface area (Å²) in [7, 11) is -4.89. The average Bonchev–Trinajstić information content (AvgIpc) is 3.69. The van der Waals surface area contributed by atoms with Crippen molar-refractivity contribution >= 4 is 76.0 Å². The Kier molecular flexibility index (Phi) is 6.12. The molecule has 5 N–H and O–H groups in total. The fourth-order valence-electron chi connectivity index (χ4n) is 8.69. The highest BCUT2D eigenvalue weighted by Gasteiger charge is 2.76. The van der Waals surface area contributed by atoms with E-state index in [1.807, 2.05) is 20.0 Å². The minimum atomic E-state index is -4.89. The first-order chi connectivity index (χ1) is 21.3. The highest BCUT2D eigenvalue weighted by molar-refractivity contribution is 7.46. The van der Waals surface area contributed by atoms with Crippen LogP contribution in [0, 0.1) is 24.7 Å². The smallest absolute Gasteiger partial charge is 0.506 e. The van der Waals surface area contributed by atoms with Gasteiger partial charge in [0.25, 0.3) is 0 Å². The minimum absolute atomic E-state index is 0.0426. The third-order valence-corrected chi connectivity index (χ3v) is 11.7. The molecule has 11 nitrogen and oxygen atoms in total. The molecule has 2 aromatic carbocycles. The lowest BCUT2D eigenvalue weighted by Gasteiger charge is -2.69. The van der Waals surface area contributed by atoms with Gasteiger partial charge in [0, 0.05) is 72.0 Å². The van der Waals surface area contributed by atoms with Gasteiger partial charge < -0.3 is 29.4 Å². The molecule has 3 saturated carbocycles. The summed E-state index contributed by atoms with van der Waals surface area (Å²) in [6, 6.07) is 3.14. The largest absolute Gasteiger partial charge is 0.524 e. The summed E-state index contributed by atoms with van der Waals surface area (Å²) in [5.41, 5.74) is 4.50. The number of carbonyl (C=O) groups is 2. The molecule has 9 rings (SSSR count). The van der Waals surface area contributed by atoms with Crippen molar-refractivity contribution in [3.63, 3.8) is 0 Å². The third-order valence-electron chi connectivity index (χ3n) is 10.5. The van der Waals surface area contributed by atoms with E-state index in [2.05, 4.69) is 9.97 Å². The van der Waals surface area contributed by atoms with E-state index >= 15 is 0 Å². The minimum Gasteiger partial charge on any atom is -0.506 e. The molecule has 2 amide bonds. The fourth-order valence-corrected chi connectivity index (χ4v) is 9.59. The molecular formula is C31H31Cl2N4O7P. The number of hydrogen-bond acceptors (Lipinski definition) is 5. The predicted molar refractivity (Wildman–Crippen MR) is 171 cm³/mol. The molecule has 14 heteroatoms. The van der Waals surface area contributed by atoms with Gasteiger partial charge in [0.1, 0.15) is 5.75 Å². The van der Waals surface area contributed by atoms with Crippen LogP contribution in [0.15, 0.2) is 24.5 Å². The lowest BCUT2D eigenvalue weighted by Crippen LogP contribution is -2.73. The van der Waals surface area contributed by atoms with E-state index in [0.29, 0.717) is 60.6 Å². The van der Waals surface area contributed by atoms with Crippen molar-refractivity contribution in [1.29, 1.82) is 0 Å². The zero-order valence-corrected chi connectivity index (χ0v) is 26.9. The lowest BCUT2D eigenvalue weighted by molar-refractivity contribution is -0.204. The fraction of sp³-hybridized carbons (Fsp3) is 0.419. The van der Waals surface area contributed by atoms with Crippen LogP contribution in [-0.4, -0.2) is 61.5 Å². The average molecular weight is 673 g/mol. The molecule has 0 spiro atoms. The Labute approximate surface area is 267 Å². The van der Waals surface area contributed by atoms with Gasteiger partial charge in [0.15, 0.2) is 5.75 Å². The van der Waals surface area contributed by atoms with Gasteiger partial charge in [-0.3, -0.25) is 19.4 Å². The summed E-state index contributed by atoms with van der Waals surface area (Å²) in [5.74, 6) is 0.158. The number of phenols is 1. The van der Waals surface area contributed by atoms with Gasteiger partial charge in [0.05, 0.1) is 33.2 Å². The summed E-state index contributed by atoms with van der Waals surface area (Å²) in [6.45, 7) is 4.57. The topological polar surface area (TPSA) is 159 Å². The summed E-state index contributed by atoms with van der Waals surface area (Å²) in [5, 5.41) is 12.4. The number of benzene rings is 2. The van der Waals surface area contributed by atoms with Crippen molar-refractivity contribution < 1.29 is 33.6 Å². The lowest BCUT2D eigenvalue weighted by atomic mass is 9.34. The SMILES string of the molecule is Cc1c[nH]c2c(O)cc3c(c12)C(CCl)CN3C(=O)C12CC(C(=O)N3CC(CCl)c4c3cc(OP(=O)(O)O)c3[nH]cc(C)c43)(C1)C2. The van der Waals surface area contributed by atoms with Crippen LogP contribution in [0.5, 0.6) is 11.5 Å². The Balaban J connectivity index is 1.10. The summed E-state index contributed by atoms with van der Waals surface area (Å²) in [4.78, 5) is 57.2. The maximum absolute atomic E-state index is 14.3. The van der Waals surface area contributed by atoms with Crippen LogP contribution in [0.2, 0.25) is 0 Å². The van der Waals surface area contributed by atoms with Crippen molar-refractivity contribution in [1.82, 2.24) is 9.97 Å². The van der Waals surface area contributed by atoms with Crippen LogP contribution in [0.4, 0.5) is 11.4 Å². The van der Waals surface area contributed by atoms with E-state index in [0.717, 1.165) is 33.0 Å². The number of aromatic amines is 2. The van der Waals surface area contributed by atoms with Crippen molar-refractivity contribution in [3.05, 3.63) is 46.8 Å². The number of rotatable bonds is 6. The molecule has 236 valence electrons. The molecule has 3 aliphatic carbocycles. The normalized spacial score (nSPS) is 26.6. The highest BCUT2D eigenvalue weighted by atomic mass is 35.5. The van der Waals surface area contributed by atoms with Gasteiger partial charge in [-0.05, 0) is 55.4 Å². The number of alkyl halides is 2. The van der Waals surface area contributed by atoms with Crippen LogP contribution in [0.1, 0.15) is 53.4 Å². The number of carbonyl (C=O) groups excluding carboxylic acids is 2. The molecule has 4 aromatic rings. The number of amides is 2. The third kappa shape index (κ3) is 3.88. The van der Waals surface area contributed by atoms with E-state index in [9.17, 15) is 29.0 Å². The van der Waals surface area contributed by atoms with E-state index < -0.39 is 18.7 Å². The zero-order valence-electron chi connectivity index (χ0n) is 24.5. The Bertz CT molecular complexity index is 2010. The number of nitrogens with one attached hydrogen (secondary N) is 2. The number of H-pyrrole nitrogens is 2. The molecule has 2 aromatic heterocycles. The molecule has 4 heterocycles. The van der Waals surface area contributed by atoms with Gasteiger partial charge in [0.2, 0.25) is 11.8 Å². The second kappa shape index (κ2) is 9.42. The maximum Gasteiger partial charge on any atom is 0.524 e. The van der Waals surface area contributed by atoms with Gasteiger partial charge in [-0.1, -0.05) is 0 Å². The number of aromatic hydroxyl groups is 1. The summed E-state index contributed by atoms with van der Waals surface area (Å²) < 4.78 is 16.9. The standard InChI is InChI=1S/C31H31Cl2N4O7P/c1-14-7-34-26-20(38)3-18-24(22(14)26)16(5-32)9-36(18)28(39)30-11-31(12-30,13-30)29(40)37-10-17(6-33)25-19(37)4-21(44-45(41,42)43)27-23(25)15(2)8-35-27/h3-4,7-8,16-17,34-35,38H,5-6,9-13H2,1-2H3,(H2,41,42,43). The molecule has 0 radical (unpaired) electrons. The first kappa shape index (κ1) is 29.2. The highest BCUT2D eigenvalue weighted by Crippen LogP contribution is 2.75. The number of nitrogens with zero attached hydrogens (tertiary/aromatic N) is 2. The van der Waals surface area contributed by atoms with Crippen LogP contribution < -0.4 is 14.3 Å². The van der Waals surface area contributed by atoms with Crippen LogP contribution >= 0.6 is 31.0 Å². The molecule has 2 aliphatic heterocycles. The summed E-state index contributed by atoms with van der Waals surface area (Å²) >= 11 is 12.8. The number of halogens is 2. The van der Waals surface area contributed by atoms with E-state index in [4.69, 9.17) is 27.7 Å². The molecule has 0 saturated heterocycles. The Morgan fingerprint density at radius 1 is 0.889 bits per heavy atom. The molecule has 5 aliphatic rings. The summed E-state index contributed by atoms with van der Waals surface area (Å²) in [6.07, 6.45) is 4.78. The first-order valence-corrected chi connectivity index (χ1v) is 17.4. The molecule has 3 fully saturated rings. The van der Waals surface area contributed by atoms with E-state index in [-0.39, 0.29) is 41.0 Å². The van der Waals surface area contributed by atoms with Gasteiger partial charge in [-0.2, -0.15) is 0 Å². The predicted octanol–water partition coefficient (Wildman–Crippen LogP) is 5.65. The zero-order chi connectivity index (χ0) is 31.8. The number of aryl methyl sites for hydroxylation is 2. The van der Waals surface area contributed by atoms with Crippen LogP contribution in [0.25, 0.3) is 21.8 Å². The number of phenolic OH excluding ortho intramolecular Hbond substituents is 1. The number of aromatic nitrogens is 2. The monoisotopic (exact) mass is 672 g/mol. The quantitative estimate of drug-likeness (QED) is 0.131. The van der Waals surface area contributed by atoms with E-state index in [1.54, 1.807) is 22.1 Å². The van der Waals surface area contributed by atoms with Crippen molar-refractivity contribution in [2.45, 2.75) is 44.9 Å². The Morgan fingerprint density at radius 3 is 1.84 bits per heavy atom. The van der Waals surface area contributed by atoms with Gasteiger partial charge >= 0.3 is 7.82 Å². The second-order valence-corrected chi connectivity index (χ2v) is 15.1.